The zero-order valence-electron chi connectivity index (χ0n) is 11.5. The molecule has 1 aromatic carbocycles. The van der Waals surface area contributed by atoms with E-state index in [-0.39, 0.29) is 7.43 Å². The predicted octanol–water partition coefficient (Wildman–Crippen LogP) is 5.62. The van der Waals surface area contributed by atoms with Crippen LogP contribution in [0.1, 0.15) is 58.9 Å². The van der Waals surface area contributed by atoms with E-state index in [1.165, 1.54) is 37.7 Å². The van der Waals surface area contributed by atoms with Crippen molar-refractivity contribution in [3.8, 4) is 5.75 Å². The highest BCUT2D eigenvalue weighted by Crippen LogP contribution is 2.22. The highest BCUT2D eigenvalue weighted by atomic mass is 16.5. The summed E-state index contributed by atoms with van der Waals surface area (Å²) >= 11 is 0. The van der Waals surface area contributed by atoms with Crippen LogP contribution in [-0.4, -0.2) is 6.61 Å². The minimum Gasteiger partial charge on any atom is -0.494 e. The lowest BCUT2D eigenvalue weighted by molar-refractivity contribution is 0.340. The summed E-state index contributed by atoms with van der Waals surface area (Å²) in [5.41, 5.74) is 1.27. The molecule has 104 valence electrons. The fourth-order valence-corrected chi connectivity index (χ4v) is 2.11. The Labute approximate surface area is 114 Å². The molecular formula is C17H30O. The smallest absolute Gasteiger partial charge is 0.119 e. The van der Waals surface area contributed by atoms with Crippen LogP contribution in [0, 0.1) is 12.8 Å². The maximum absolute atomic E-state index is 5.26. The molecule has 0 radical (unpaired) electrons. The number of hydrogen-bond donors (Lipinski definition) is 0. The molecule has 0 spiro atoms. The summed E-state index contributed by atoms with van der Waals surface area (Å²) in [5, 5.41) is 0. The highest BCUT2D eigenvalue weighted by Gasteiger charge is 2.05. The van der Waals surface area contributed by atoms with Crippen molar-refractivity contribution >= 4 is 0 Å². The van der Waals surface area contributed by atoms with Gasteiger partial charge in [0.25, 0.3) is 0 Å². The van der Waals surface area contributed by atoms with Crippen molar-refractivity contribution in [1.29, 1.82) is 0 Å². The van der Waals surface area contributed by atoms with Gasteiger partial charge in [-0.3, -0.25) is 0 Å². The van der Waals surface area contributed by atoms with Crippen molar-refractivity contribution in [3.05, 3.63) is 29.8 Å². The SMILES string of the molecule is C.CC1CCCCC1.CCOc1ccc(C)cc1. The zero-order chi connectivity index (χ0) is 12.5. The van der Waals surface area contributed by atoms with Crippen LogP contribution in [0.2, 0.25) is 0 Å². The van der Waals surface area contributed by atoms with Crippen molar-refractivity contribution in [1.82, 2.24) is 0 Å². The largest absolute Gasteiger partial charge is 0.494 e. The van der Waals surface area contributed by atoms with Crippen molar-refractivity contribution in [2.45, 2.75) is 60.3 Å². The summed E-state index contributed by atoms with van der Waals surface area (Å²) in [6.45, 7) is 7.15. The molecule has 0 N–H and O–H groups in total. The number of rotatable bonds is 2. The molecule has 0 amide bonds. The van der Waals surface area contributed by atoms with E-state index < -0.39 is 0 Å². The van der Waals surface area contributed by atoms with Gasteiger partial charge in [-0.05, 0) is 31.9 Å². The third-order valence-electron chi connectivity index (χ3n) is 3.23. The first kappa shape index (κ1) is 17.0. The van der Waals surface area contributed by atoms with E-state index in [1.54, 1.807) is 0 Å². The summed E-state index contributed by atoms with van der Waals surface area (Å²) in [6.07, 6.45) is 7.44. The molecule has 1 aliphatic rings. The molecule has 1 fully saturated rings. The molecule has 0 saturated heterocycles. The average Bonchev–Trinajstić information content (AvgIpc) is 2.34. The minimum atomic E-state index is 0. The lowest BCUT2D eigenvalue weighted by Crippen LogP contribution is -1.99. The van der Waals surface area contributed by atoms with Crippen LogP contribution in [0.25, 0.3) is 0 Å². The number of ether oxygens (including phenoxy) is 1. The molecule has 0 bridgehead atoms. The number of hydrogen-bond acceptors (Lipinski definition) is 1. The molecule has 2 rings (SSSR count). The Kier molecular flexibility index (Phi) is 9.45. The van der Waals surface area contributed by atoms with Crippen LogP contribution in [-0.2, 0) is 0 Å². The maximum atomic E-state index is 5.26. The van der Waals surface area contributed by atoms with E-state index in [9.17, 15) is 0 Å². The first-order valence-corrected chi connectivity index (χ1v) is 6.92. The van der Waals surface area contributed by atoms with Crippen molar-refractivity contribution in [3.63, 3.8) is 0 Å². The van der Waals surface area contributed by atoms with Gasteiger partial charge in [0, 0.05) is 0 Å². The summed E-state index contributed by atoms with van der Waals surface area (Å²) < 4.78 is 5.26. The second-order valence-corrected chi connectivity index (χ2v) is 4.99. The Hall–Kier alpha value is -0.980. The summed E-state index contributed by atoms with van der Waals surface area (Å²) in [5.74, 6) is 1.99. The molecule has 0 heterocycles. The third kappa shape index (κ3) is 7.37. The molecule has 1 aromatic rings. The summed E-state index contributed by atoms with van der Waals surface area (Å²) in [6, 6.07) is 8.06. The quantitative estimate of drug-likeness (QED) is 0.662. The van der Waals surface area contributed by atoms with Crippen molar-refractivity contribution in [2.75, 3.05) is 6.61 Å². The van der Waals surface area contributed by atoms with Crippen molar-refractivity contribution in [2.24, 2.45) is 5.92 Å². The normalized spacial score (nSPS) is 15.1. The molecule has 0 atom stereocenters. The Morgan fingerprint density at radius 2 is 1.61 bits per heavy atom. The average molecular weight is 250 g/mol. The van der Waals surface area contributed by atoms with Gasteiger partial charge >= 0.3 is 0 Å². The van der Waals surface area contributed by atoms with E-state index in [4.69, 9.17) is 4.74 Å². The van der Waals surface area contributed by atoms with Crippen LogP contribution >= 0.6 is 0 Å². The van der Waals surface area contributed by atoms with Gasteiger partial charge in [-0.1, -0.05) is 64.2 Å². The van der Waals surface area contributed by atoms with Crippen LogP contribution < -0.4 is 4.74 Å². The fourth-order valence-electron chi connectivity index (χ4n) is 2.11. The lowest BCUT2D eigenvalue weighted by atomic mass is 9.91. The van der Waals surface area contributed by atoms with Gasteiger partial charge in [0.15, 0.2) is 0 Å². The van der Waals surface area contributed by atoms with Gasteiger partial charge in [-0.2, -0.15) is 0 Å². The van der Waals surface area contributed by atoms with Gasteiger partial charge in [-0.25, -0.2) is 0 Å². The molecule has 1 heteroatoms. The van der Waals surface area contributed by atoms with E-state index in [0.717, 1.165) is 18.3 Å². The van der Waals surface area contributed by atoms with E-state index in [0.29, 0.717) is 0 Å². The maximum Gasteiger partial charge on any atom is 0.119 e. The highest BCUT2D eigenvalue weighted by molar-refractivity contribution is 5.26. The monoisotopic (exact) mass is 250 g/mol. The van der Waals surface area contributed by atoms with Gasteiger partial charge in [0.05, 0.1) is 6.61 Å². The number of benzene rings is 1. The molecular weight excluding hydrogens is 220 g/mol. The lowest BCUT2D eigenvalue weighted by Gasteiger charge is -2.15. The Morgan fingerprint density at radius 3 is 2.00 bits per heavy atom. The number of aryl methyl sites for hydroxylation is 1. The predicted molar refractivity (Wildman–Crippen MR) is 81.3 cm³/mol. The van der Waals surface area contributed by atoms with Gasteiger partial charge in [0.2, 0.25) is 0 Å². The molecule has 0 aliphatic heterocycles. The Bertz CT molecular complexity index is 283. The van der Waals surface area contributed by atoms with Crippen LogP contribution in [0.5, 0.6) is 5.75 Å². The van der Waals surface area contributed by atoms with Crippen LogP contribution in [0.3, 0.4) is 0 Å². The molecule has 1 nitrogen and oxygen atoms in total. The topological polar surface area (TPSA) is 9.23 Å². The summed E-state index contributed by atoms with van der Waals surface area (Å²) in [7, 11) is 0. The van der Waals surface area contributed by atoms with E-state index in [1.807, 2.05) is 31.2 Å². The van der Waals surface area contributed by atoms with E-state index >= 15 is 0 Å². The summed E-state index contributed by atoms with van der Waals surface area (Å²) in [4.78, 5) is 0. The van der Waals surface area contributed by atoms with Crippen molar-refractivity contribution < 1.29 is 4.74 Å². The van der Waals surface area contributed by atoms with Gasteiger partial charge in [0.1, 0.15) is 5.75 Å². The molecule has 1 aliphatic carbocycles. The zero-order valence-corrected chi connectivity index (χ0v) is 11.5. The molecule has 18 heavy (non-hydrogen) atoms. The first-order valence-electron chi connectivity index (χ1n) is 6.92. The third-order valence-corrected chi connectivity index (χ3v) is 3.23. The Morgan fingerprint density at radius 1 is 1.06 bits per heavy atom. The first-order chi connectivity index (χ1) is 8.22. The van der Waals surface area contributed by atoms with Crippen LogP contribution in [0.4, 0.5) is 0 Å². The Balaban J connectivity index is 0.000000321. The standard InChI is InChI=1S/C9H12O.C7H14.CH4/c1-3-10-9-6-4-8(2)5-7-9;1-7-5-3-2-4-6-7;/h4-7H,3H2,1-2H3;7H,2-6H2,1H3;1H4. The second kappa shape index (κ2) is 9.99. The van der Waals surface area contributed by atoms with Crippen LogP contribution in [0.15, 0.2) is 24.3 Å². The molecule has 0 unspecified atom stereocenters. The molecule has 0 aromatic heterocycles. The molecule has 1 saturated carbocycles. The minimum absolute atomic E-state index is 0. The fraction of sp³-hybridized carbons (Fsp3) is 0.647. The van der Waals surface area contributed by atoms with E-state index in [2.05, 4.69) is 13.8 Å². The van der Waals surface area contributed by atoms with Gasteiger partial charge < -0.3 is 4.74 Å². The second-order valence-electron chi connectivity index (χ2n) is 4.99. The van der Waals surface area contributed by atoms with Gasteiger partial charge in [-0.15, -0.1) is 0 Å².